The van der Waals surface area contributed by atoms with Gasteiger partial charge in [0.05, 0.1) is 18.8 Å². The quantitative estimate of drug-likeness (QED) is 0.526. The molecule has 0 saturated heterocycles. The van der Waals surface area contributed by atoms with E-state index in [1.54, 1.807) is 7.11 Å². The van der Waals surface area contributed by atoms with Crippen LogP contribution < -0.4 is 5.32 Å². The van der Waals surface area contributed by atoms with E-state index in [4.69, 9.17) is 9.47 Å². The summed E-state index contributed by atoms with van der Waals surface area (Å²) in [5, 5.41) is 13.1. The second-order valence-corrected chi connectivity index (χ2v) is 4.38. The predicted molar refractivity (Wildman–Crippen MR) is 65.7 cm³/mol. The van der Waals surface area contributed by atoms with E-state index in [1.165, 1.54) is 0 Å². The van der Waals surface area contributed by atoms with Crippen LogP contribution in [0.5, 0.6) is 0 Å². The van der Waals surface area contributed by atoms with Crippen LogP contribution in [0.2, 0.25) is 0 Å². The summed E-state index contributed by atoms with van der Waals surface area (Å²) in [4.78, 5) is 0. The number of hydrogen-bond donors (Lipinski definition) is 2. The molecule has 0 aliphatic heterocycles. The Morgan fingerprint density at radius 3 is 2.62 bits per heavy atom. The van der Waals surface area contributed by atoms with Crippen molar-refractivity contribution in [3.63, 3.8) is 0 Å². The third kappa shape index (κ3) is 10.4. The van der Waals surface area contributed by atoms with Crippen LogP contribution in [0.3, 0.4) is 0 Å². The first-order valence-electron chi connectivity index (χ1n) is 6.12. The molecule has 1 atom stereocenters. The van der Waals surface area contributed by atoms with Crippen molar-refractivity contribution in [2.24, 2.45) is 0 Å². The Morgan fingerprint density at radius 2 is 2.00 bits per heavy atom. The van der Waals surface area contributed by atoms with Crippen molar-refractivity contribution in [3.05, 3.63) is 0 Å². The summed E-state index contributed by atoms with van der Waals surface area (Å²) in [6.07, 6.45) is 2.81. The van der Waals surface area contributed by atoms with Gasteiger partial charge in [0, 0.05) is 20.3 Å². The van der Waals surface area contributed by atoms with Gasteiger partial charge in [0.25, 0.3) is 0 Å². The first-order valence-corrected chi connectivity index (χ1v) is 6.12. The van der Waals surface area contributed by atoms with E-state index in [2.05, 4.69) is 12.2 Å². The zero-order valence-corrected chi connectivity index (χ0v) is 10.9. The minimum atomic E-state index is -0.578. The Labute approximate surface area is 99.3 Å². The highest BCUT2D eigenvalue weighted by molar-refractivity contribution is 4.74. The molecule has 0 aliphatic carbocycles. The summed E-state index contributed by atoms with van der Waals surface area (Å²) in [7, 11) is 1.67. The lowest BCUT2D eigenvalue weighted by atomic mass is 10.0. The zero-order valence-electron chi connectivity index (χ0n) is 10.9. The van der Waals surface area contributed by atoms with Gasteiger partial charge in [-0.05, 0) is 26.3 Å². The molecule has 0 aromatic carbocycles. The number of hydrogen-bond acceptors (Lipinski definition) is 4. The average molecular weight is 233 g/mol. The first-order chi connectivity index (χ1) is 7.62. The van der Waals surface area contributed by atoms with Gasteiger partial charge in [-0.15, -0.1) is 0 Å². The van der Waals surface area contributed by atoms with Crippen molar-refractivity contribution in [1.82, 2.24) is 5.32 Å². The lowest BCUT2D eigenvalue weighted by Gasteiger charge is -2.22. The molecule has 4 heteroatoms. The number of aliphatic hydroxyl groups is 1. The van der Waals surface area contributed by atoms with Gasteiger partial charge in [-0.2, -0.15) is 0 Å². The van der Waals surface area contributed by atoms with Crippen LogP contribution in [0, 0.1) is 0 Å². The minimum Gasteiger partial charge on any atom is -0.389 e. The fourth-order valence-electron chi connectivity index (χ4n) is 1.53. The van der Waals surface area contributed by atoms with E-state index in [1.807, 2.05) is 6.92 Å². The smallest absolute Gasteiger partial charge is 0.0743 e. The number of methoxy groups -OCH3 is 1. The molecule has 0 amide bonds. The lowest BCUT2D eigenvalue weighted by Crippen LogP contribution is -2.38. The van der Waals surface area contributed by atoms with Gasteiger partial charge in [-0.3, -0.25) is 0 Å². The fourth-order valence-corrected chi connectivity index (χ4v) is 1.53. The second-order valence-electron chi connectivity index (χ2n) is 4.38. The Bertz CT molecular complexity index is 151. The summed E-state index contributed by atoms with van der Waals surface area (Å²) in [6.45, 7) is 7.54. The van der Waals surface area contributed by atoms with Crippen molar-refractivity contribution in [1.29, 1.82) is 0 Å². The molecule has 0 aromatic heterocycles. The van der Waals surface area contributed by atoms with Gasteiger partial charge < -0.3 is 19.9 Å². The van der Waals surface area contributed by atoms with Crippen LogP contribution in [0.25, 0.3) is 0 Å². The molecule has 0 saturated carbocycles. The molecule has 1 unspecified atom stereocenters. The SMILES string of the molecule is CCCC(C)(O)CNCCCOCCOC. The van der Waals surface area contributed by atoms with Gasteiger partial charge in [0.2, 0.25) is 0 Å². The van der Waals surface area contributed by atoms with Crippen LogP contribution in [-0.4, -0.2) is 50.7 Å². The van der Waals surface area contributed by atoms with Crippen LogP contribution in [0.4, 0.5) is 0 Å². The maximum Gasteiger partial charge on any atom is 0.0743 e. The highest BCUT2D eigenvalue weighted by Gasteiger charge is 2.17. The molecule has 0 aromatic rings. The van der Waals surface area contributed by atoms with Crippen LogP contribution in [0.15, 0.2) is 0 Å². The average Bonchev–Trinajstić information content (AvgIpc) is 2.22. The summed E-state index contributed by atoms with van der Waals surface area (Å²) >= 11 is 0. The van der Waals surface area contributed by atoms with Crippen molar-refractivity contribution in [3.8, 4) is 0 Å². The molecule has 0 heterocycles. The van der Waals surface area contributed by atoms with E-state index in [0.717, 1.165) is 32.4 Å². The van der Waals surface area contributed by atoms with Crippen molar-refractivity contribution in [2.45, 2.75) is 38.7 Å². The Morgan fingerprint density at radius 1 is 1.25 bits per heavy atom. The van der Waals surface area contributed by atoms with Gasteiger partial charge >= 0.3 is 0 Å². The monoisotopic (exact) mass is 233 g/mol. The third-order valence-electron chi connectivity index (χ3n) is 2.37. The molecule has 0 radical (unpaired) electrons. The molecule has 0 fully saturated rings. The summed E-state index contributed by atoms with van der Waals surface area (Å²) in [5.74, 6) is 0. The topological polar surface area (TPSA) is 50.7 Å². The molecule has 16 heavy (non-hydrogen) atoms. The molecule has 0 spiro atoms. The molecule has 0 rings (SSSR count). The lowest BCUT2D eigenvalue weighted by molar-refractivity contribution is 0.0475. The van der Waals surface area contributed by atoms with Gasteiger partial charge in [0.15, 0.2) is 0 Å². The van der Waals surface area contributed by atoms with Crippen LogP contribution >= 0.6 is 0 Å². The number of nitrogens with one attached hydrogen (secondary N) is 1. The van der Waals surface area contributed by atoms with E-state index in [0.29, 0.717) is 19.8 Å². The van der Waals surface area contributed by atoms with Crippen LogP contribution in [-0.2, 0) is 9.47 Å². The third-order valence-corrected chi connectivity index (χ3v) is 2.37. The van der Waals surface area contributed by atoms with E-state index >= 15 is 0 Å². The largest absolute Gasteiger partial charge is 0.389 e. The molecular formula is C12H27NO3. The summed E-state index contributed by atoms with van der Waals surface area (Å²) < 4.78 is 10.2. The van der Waals surface area contributed by atoms with Gasteiger partial charge in [0.1, 0.15) is 0 Å². The molecule has 0 aliphatic rings. The molecular weight excluding hydrogens is 206 g/mol. The molecule has 4 nitrogen and oxygen atoms in total. The Balaban J connectivity index is 3.20. The number of rotatable bonds is 11. The van der Waals surface area contributed by atoms with E-state index < -0.39 is 5.60 Å². The highest BCUT2D eigenvalue weighted by atomic mass is 16.5. The predicted octanol–water partition coefficient (Wildman–Crippen LogP) is 1.18. The molecule has 98 valence electrons. The van der Waals surface area contributed by atoms with Gasteiger partial charge in [-0.1, -0.05) is 13.3 Å². The van der Waals surface area contributed by atoms with Crippen molar-refractivity contribution >= 4 is 0 Å². The maximum absolute atomic E-state index is 9.88. The summed E-state index contributed by atoms with van der Waals surface area (Å²) in [6, 6.07) is 0. The Hall–Kier alpha value is -0.160. The normalized spacial score (nSPS) is 15.0. The van der Waals surface area contributed by atoms with Crippen molar-refractivity contribution in [2.75, 3.05) is 40.0 Å². The Kier molecular flexibility index (Phi) is 9.92. The molecule has 2 N–H and O–H groups in total. The highest BCUT2D eigenvalue weighted by Crippen LogP contribution is 2.09. The maximum atomic E-state index is 9.88. The van der Waals surface area contributed by atoms with Crippen LogP contribution in [0.1, 0.15) is 33.1 Å². The zero-order chi connectivity index (χ0) is 12.3. The second kappa shape index (κ2) is 10.0. The fraction of sp³-hybridized carbons (Fsp3) is 1.00. The van der Waals surface area contributed by atoms with Crippen molar-refractivity contribution < 1.29 is 14.6 Å². The number of ether oxygens (including phenoxy) is 2. The standard InChI is InChI=1S/C12H27NO3/c1-4-6-12(2,14)11-13-7-5-8-16-10-9-15-3/h13-14H,4-11H2,1-3H3. The first kappa shape index (κ1) is 15.8. The molecule has 0 bridgehead atoms. The minimum absolute atomic E-state index is 0.578. The van der Waals surface area contributed by atoms with E-state index in [-0.39, 0.29) is 0 Å². The summed E-state index contributed by atoms with van der Waals surface area (Å²) in [5.41, 5.74) is -0.578. The van der Waals surface area contributed by atoms with E-state index in [9.17, 15) is 5.11 Å². The van der Waals surface area contributed by atoms with Gasteiger partial charge in [-0.25, -0.2) is 0 Å².